The number of amides is 1. The number of para-hydroxylation sites is 3. The first-order valence-corrected chi connectivity index (χ1v) is 7.57. The molecule has 1 amide bonds. The second-order valence-electron chi connectivity index (χ2n) is 5.34. The number of H-pyrrole nitrogens is 1. The van der Waals surface area contributed by atoms with Crippen LogP contribution < -0.4 is 5.32 Å². The number of aromatic nitrogens is 3. The topological polar surface area (TPSA) is 70.7 Å². The van der Waals surface area contributed by atoms with Gasteiger partial charge in [0.1, 0.15) is 5.82 Å². The van der Waals surface area contributed by atoms with Gasteiger partial charge < -0.3 is 10.3 Å². The van der Waals surface area contributed by atoms with Crippen LogP contribution in [0, 0.1) is 0 Å². The van der Waals surface area contributed by atoms with Crippen LogP contribution >= 0.6 is 0 Å². The molecular formula is C19H14N4O. The molecule has 0 aliphatic carbocycles. The molecule has 4 aromatic rings. The van der Waals surface area contributed by atoms with Gasteiger partial charge in [0.05, 0.1) is 16.7 Å². The van der Waals surface area contributed by atoms with Gasteiger partial charge in [0.2, 0.25) is 0 Å². The summed E-state index contributed by atoms with van der Waals surface area (Å²) >= 11 is 0. The number of imidazole rings is 1. The first-order valence-electron chi connectivity index (χ1n) is 7.57. The zero-order chi connectivity index (χ0) is 16.4. The zero-order valence-electron chi connectivity index (χ0n) is 12.7. The van der Waals surface area contributed by atoms with Crippen molar-refractivity contribution >= 4 is 22.6 Å². The Morgan fingerprint density at radius 1 is 0.917 bits per heavy atom. The first-order chi connectivity index (χ1) is 11.8. The predicted molar refractivity (Wildman–Crippen MR) is 93.7 cm³/mol. The van der Waals surface area contributed by atoms with Crippen LogP contribution in [0.4, 0.5) is 5.69 Å². The molecule has 24 heavy (non-hydrogen) atoms. The van der Waals surface area contributed by atoms with Gasteiger partial charge in [-0.25, -0.2) is 4.98 Å². The molecule has 0 unspecified atom stereocenters. The van der Waals surface area contributed by atoms with Gasteiger partial charge in [0.15, 0.2) is 0 Å². The highest BCUT2D eigenvalue weighted by Crippen LogP contribution is 2.27. The quantitative estimate of drug-likeness (QED) is 0.603. The molecule has 5 nitrogen and oxygen atoms in total. The van der Waals surface area contributed by atoms with Crippen molar-refractivity contribution in [1.82, 2.24) is 15.0 Å². The fourth-order valence-electron chi connectivity index (χ4n) is 2.58. The van der Waals surface area contributed by atoms with Gasteiger partial charge in [-0.2, -0.15) is 0 Å². The lowest BCUT2D eigenvalue weighted by atomic mass is 10.1. The van der Waals surface area contributed by atoms with Crippen molar-refractivity contribution in [1.29, 1.82) is 0 Å². The Labute approximate surface area is 138 Å². The Balaban J connectivity index is 1.71. The number of hydrogen-bond acceptors (Lipinski definition) is 3. The normalized spacial score (nSPS) is 10.7. The molecule has 2 heterocycles. The van der Waals surface area contributed by atoms with Crippen molar-refractivity contribution in [2.75, 3.05) is 5.32 Å². The number of pyridine rings is 1. The van der Waals surface area contributed by atoms with Crippen LogP contribution in [0.2, 0.25) is 0 Å². The lowest BCUT2D eigenvalue weighted by molar-refractivity contribution is 0.102. The van der Waals surface area contributed by atoms with E-state index in [0.29, 0.717) is 11.3 Å². The second kappa shape index (κ2) is 5.96. The summed E-state index contributed by atoms with van der Waals surface area (Å²) in [5.74, 6) is 0.544. The number of benzene rings is 2. The van der Waals surface area contributed by atoms with Crippen LogP contribution in [-0.4, -0.2) is 20.9 Å². The predicted octanol–water partition coefficient (Wildman–Crippen LogP) is 3.88. The molecular weight excluding hydrogens is 300 g/mol. The van der Waals surface area contributed by atoms with Crippen molar-refractivity contribution in [2.45, 2.75) is 0 Å². The fourth-order valence-corrected chi connectivity index (χ4v) is 2.58. The Bertz CT molecular complexity index is 975. The second-order valence-corrected chi connectivity index (χ2v) is 5.34. The van der Waals surface area contributed by atoms with Gasteiger partial charge in [0.25, 0.3) is 5.91 Å². The molecule has 0 aliphatic rings. The number of rotatable bonds is 3. The van der Waals surface area contributed by atoms with Crippen molar-refractivity contribution in [3.05, 3.63) is 78.6 Å². The zero-order valence-corrected chi connectivity index (χ0v) is 12.7. The summed E-state index contributed by atoms with van der Waals surface area (Å²) in [6.07, 6.45) is 3.19. The van der Waals surface area contributed by atoms with Crippen molar-refractivity contribution in [3.63, 3.8) is 0 Å². The van der Waals surface area contributed by atoms with E-state index in [0.717, 1.165) is 22.4 Å². The Morgan fingerprint density at radius 2 is 1.67 bits per heavy atom. The van der Waals surface area contributed by atoms with Crippen molar-refractivity contribution in [2.24, 2.45) is 0 Å². The van der Waals surface area contributed by atoms with Crippen LogP contribution in [0.1, 0.15) is 10.4 Å². The third-order valence-electron chi connectivity index (χ3n) is 3.76. The van der Waals surface area contributed by atoms with Crippen LogP contribution in [-0.2, 0) is 0 Å². The minimum absolute atomic E-state index is 0.180. The summed E-state index contributed by atoms with van der Waals surface area (Å²) in [4.78, 5) is 24.2. The molecule has 0 spiro atoms. The maximum absolute atomic E-state index is 12.4. The van der Waals surface area contributed by atoms with Gasteiger partial charge in [-0.15, -0.1) is 0 Å². The highest BCUT2D eigenvalue weighted by molar-refractivity contribution is 6.06. The molecule has 2 aromatic carbocycles. The number of carbonyl (C=O) groups excluding carboxylic acids is 1. The van der Waals surface area contributed by atoms with E-state index in [1.165, 1.54) is 0 Å². The monoisotopic (exact) mass is 314 g/mol. The SMILES string of the molecule is O=C(Nc1ccccc1-c1nc2ccccc2[nH]1)c1ccncc1. The third-order valence-corrected chi connectivity index (χ3v) is 3.76. The highest BCUT2D eigenvalue weighted by atomic mass is 16.1. The van der Waals surface area contributed by atoms with Crippen molar-refractivity contribution in [3.8, 4) is 11.4 Å². The number of nitrogens with one attached hydrogen (secondary N) is 2. The van der Waals surface area contributed by atoms with Crippen LogP contribution in [0.5, 0.6) is 0 Å². The number of anilines is 1. The summed E-state index contributed by atoms with van der Waals surface area (Å²) in [5.41, 5.74) is 3.96. The van der Waals surface area contributed by atoms with Gasteiger partial charge in [-0.05, 0) is 36.4 Å². The molecule has 0 saturated heterocycles. The molecule has 5 heteroatoms. The lowest BCUT2D eigenvalue weighted by Crippen LogP contribution is -2.12. The molecule has 2 aromatic heterocycles. The Morgan fingerprint density at radius 3 is 2.50 bits per heavy atom. The van der Waals surface area contributed by atoms with Gasteiger partial charge >= 0.3 is 0 Å². The standard InChI is InChI=1S/C19H14N4O/c24-19(13-9-11-20-12-10-13)23-15-6-2-1-5-14(15)18-21-16-7-3-4-8-17(16)22-18/h1-12H,(H,21,22)(H,23,24). The summed E-state index contributed by atoms with van der Waals surface area (Å²) in [5, 5.41) is 2.94. The molecule has 0 radical (unpaired) electrons. The first kappa shape index (κ1) is 14.1. The van der Waals surface area contributed by atoms with Gasteiger partial charge in [-0.3, -0.25) is 9.78 Å². The lowest BCUT2D eigenvalue weighted by Gasteiger charge is -2.09. The fraction of sp³-hybridized carbons (Fsp3) is 0. The molecule has 116 valence electrons. The number of hydrogen-bond donors (Lipinski definition) is 2. The number of carbonyl (C=O) groups is 1. The van der Waals surface area contributed by atoms with Gasteiger partial charge in [0, 0.05) is 23.5 Å². The number of fused-ring (bicyclic) bond motifs is 1. The highest BCUT2D eigenvalue weighted by Gasteiger charge is 2.12. The Kier molecular flexibility index (Phi) is 3.51. The summed E-state index contributed by atoms with van der Waals surface area (Å²) < 4.78 is 0. The maximum atomic E-state index is 12.4. The van der Waals surface area contributed by atoms with E-state index in [-0.39, 0.29) is 5.91 Å². The number of aromatic amines is 1. The summed E-state index contributed by atoms with van der Waals surface area (Å²) in [6, 6.07) is 18.8. The molecule has 0 aliphatic heterocycles. The van der Waals surface area contributed by atoms with Crippen molar-refractivity contribution < 1.29 is 4.79 Å². The van der Waals surface area contributed by atoms with E-state index >= 15 is 0 Å². The third kappa shape index (κ3) is 2.63. The maximum Gasteiger partial charge on any atom is 0.255 e. The van der Waals surface area contributed by atoms with E-state index in [2.05, 4.69) is 20.3 Å². The summed E-state index contributed by atoms with van der Waals surface area (Å²) in [6.45, 7) is 0. The van der Waals surface area contributed by atoms with Gasteiger partial charge in [-0.1, -0.05) is 24.3 Å². The van der Waals surface area contributed by atoms with E-state index in [9.17, 15) is 4.79 Å². The molecule has 0 atom stereocenters. The van der Waals surface area contributed by atoms with E-state index in [4.69, 9.17) is 0 Å². The van der Waals surface area contributed by atoms with E-state index < -0.39 is 0 Å². The average molecular weight is 314 g/mol. The largest absolute Gasteiger partial charge is 0.338 e. The smallest absolute Gasteiger partial charge is 0.255 e. The van der Waals surface area contributed by atoms with Crippen LogP contribution in [0.15, 0.2) is 73.1 Å². The summed E-state index contributed by atoms with van der Waals surface area (Å²) in [7, 11) is 0. The molecule has 4 rings (SSSR count). The molecule has 0 bridgehead atoms. The average Bonchev–Trinajstić information content (AvgIpc) is 3.07. The Hall–Kier alpha value is -3.47. The van der Waals surface area contributed by atoms with E-state index in [1.807, 2.05) is 48.5 Å². The van der Waals surface area contributed by atoms with Crippen LogP contribution in [0.3, 0.4) is 0 Å². The molecule has 0 saturated carbocycles. The molecule has 0 fully saturated rings. The van der Waals surface area contributed by atoms with Crippen LogP contribution in [0.25, 0.3) is 22.4 Å². The van der Waals surface area contributed by atoms with E-state index in [1.54, 1.807) is 24.5 Å². The number of nitrogens with zero attached hydrogens (tertiary/aromatic N) is 2. The minimum atomic E-state index is -0.180. The molecule has 2 N–H and O–H groups in total. The minimum Gasteiger partial charge on any atom is -0.338 e.